The molecule has 0 radical (unpaired) electrons. The fraction of sp³-hybridized carbons (Fsp3) is 0.333. The van der Waals surface area contributed by atoms with Crippen LogP contribution < -0.4 is 9.47 Å². The number of aryl methyl sites for hydroxylation is 1. The molecule has 0 aliphatic carbocycles. The lowest BCUT2D eigenvalue weighted by Crippen LogP contribution is -2.17. The van der Waals surface area contributed by atoms with E-state index >= 15 is 0 Å². The first-order valence-electron chi connectivity index (χ1n) is 3.93. The largest absolute Gasteiger partial charge is 0.573 e. The Bertz CT molecular complexity index is 363. The molecule has 0 spiro atoms. The van der Waals surface area contributed by atoms with Crippen LogP contribution in [0.4, 0.5) is 13.2 Å². The van der Waals surface area contributed by atoms with Crippen LogP contribution in [0.1, 0.15) is 5.56 Å². The average Bonchev–Trinajstić information content (AvgIpc) is 2.08. The summed E-state index contributed by atoms with van der Waals surface area (Å²) in [5.41, 5.74) is 0.605. The highest BCUT2D eigenvalue weighted by Crippen LogP contribution is 2.34. The minimum Gasteiger partial charge on any atom is -0.495 e. The molecule has 0 saturated carbocycles. The first kappa shape index (κ1) is 12.2. The SMILES string of the molecule is COc1cc(OC(F)(F)F)cc(C)c1Br. The first-order chi connectivity index (χ1) is 6.83. The predicted molar refractivity (Wildman–Crippen MR) is 52.1 cm³/mol. The van der Waals surface area contributed by atoms with Crippen LogP contribution in [0.5, 0.6) is 11.5 Å². The summed E-state index contributed by atoms with van der Waals surface area (Å²) < 4.78 is 45.1. The molecule has 0 unspecified atom stereocenters. The molecule has 6 heteroatoms. The average molecular weight is 285 g/mol. The zero-order valence-electron chi connectivity index (χ0n) is 7.98. The fourth-order valence-corrected chi connectivity index (χ4v) is 1.44. The summed E-state index contributed by atoms with van der Waals surface area (Å²) in [6, 6.07) is 2.45. The van der Waals surface area contributed by atoms with Gasteiger partial charge in [-0.2, -0.15) is 0 Å². The Labute approximate surface area is 93.1 Å². The zero-order valence-corrected chi connectivity index (χ0v) is 9.57. The van der Waals surface area contributed by atoms with Crippen LogP contribution in [-0.2, 0) is 0 Å². The molecule has 0 N–H and O–H groups in total. The molecule has 0 aliphatic heterocycles. The third-order valence-corrected chi connectivity index (χ3v) is 2.66. The lowest BCUT2D eigenvalue weighted by atomic mass is 10.2. The molecule has 0 bridgehead atoms. The zero-order chi connectivity index (χ0) is 11.6. The Balaban J connectivity index is 3.06. The van der Waals surface area contributed by atoms with Gasteiger partial charge in [-0.15, -0.1) is 13.2 Å². The number of methoxy groups -OCH3 is 1. The van der Waals surface area contributed by atoms with Gasteiger partial charge in [0, 0.05) is 6.07 Å². The quantitative estimate of drug-likeness (QED) is 0.825. The summed E-state index contributed by atoms with van der Waals surface area (Å²) in [4.78, 5) is 0. The molecule has 15 heavy (non-hydrogen) atoms. The van der Waals surface area contributed by atoms with E-state index in [1.807, 2.05) is 0 Å². The summed E-state index contributed by atoms with van der Waals surface area (Å²) in [5, 5.41) is 0. The normalized spacial score (nSPS) is 11.3. The summed E-state index contributed by atoms with van der Waals surface area (Å²) in [7, 11) is 1.37. The van der Waals surface area contributed by atoms with Crippen molar-refractivity contribution in [3.63, 3.8) is 0 Å². The van der Waals surface area contributed by atoms with E-state index in [0.717, 1.165) is 0 Å². The number of rotatable bonds is 2. The second-order valence-corrected chi connectivity index (χ2v) is 3.60. The van der Waals surface area contributed by atoms with E-state index in [0.29, 0.717) is 15.8 Å². The van der Waals surface area contributed by atoms with Crippen molar-refractivity contribution in [2.24, 2.45) is 0 Å². The Kier molecular flexibility index (Phi) is 3.49. The Morgan fingerprint density at radius 2 is 1.87 bits per heavy atom. The van der Waals surface area contributed by atoms with E-state index in [1.54, 1.807) is 6.92 Å². The Morgan fingerprint density at radius 1 is 1.27 bits per heavy atom. The molecule has 0 atom stereocenters. The Morgan fingerprint density at radius 3 is 2.33 bits per heavy atom. The molecular weight excluding hydrogens is 277 g/mol. The highest BCUT2D eigenvalue weighted by Gasteiger charge is 2.31. The van der Waals surface area contributed by atoms with Crippen LogP contribution in [0.3, 0.4) is 0 Å². The number of halogens is 4. The second kappa shape index (κ2) is 4.30. The van der Waals surface area contributed by atoms with Crippen LogP contribution in [0.25, 0.3) is 0 Å². The molecule has 1 aromatic carbocycles. The van der Waals surface area contributed by atoms with Crippen molar-refractivity contribution in [1.82, 2.24) is 0 Å². The van der Waals surface area contributed by atoms with E-state index < -0.39 is 6.36 Å². The lowest BCUT2D eigenvalue weighted by molar-refractivity contribution is -0.274. The van der Waals surface area contributed by atoms with Gasteiger partial charge in [-0.25, -0.2) is 0 Å². The topological polar surface area (TPSA) is 18.5 Å². The molecular formula is C9H8BrF3O2. The number of hydrogen-bond donors (Lipinski definition) is 0. The van der Waals surface area contributed by atoms with Crippen molar-refractivity contribution >= 4 is 15.9 Å². The van der Waals surface area contributed by atoms with Crippen molar-refractivity contribution < 1.29 is 22.6 Å². The number of benzene rings is 1. The van der Waals surface area contributed by atoms with Crippen molar-refractivity contribution in [1.29, 1.82) is 0 Å². The van der Waals surface area contributed by atoms with E-state index in [4.69, 9.17) is 4.74 Å². The van der Waals surface area contributed by atoms with E-state index in [-0.39, 0.29) is 5.75 Å². The Hall–Kier alpha value is -0.910. The molecule has 0 aliphatic rings. The maximum atomic E-state index is 11.9. The monoisotopic (exact) mass is 284 g/mol. The highest BCUT2D eigenvalue weighted by molar-refractivity contribution is 9.10. The van der Waals surface area contributed by atoms with Crippen molar-refractivity contribution in [2.75, 3.05) is 7.11 Å². The van der Waals surface area contributed by atoms with Crippen LogP contribution in [0.2, 0.25) is 0 Å². The van der Waals surface area contributed by atoms with E-state index in [1.165, 1.54) is 19.2 Å². The first-order valence-corrected chi connectivity index (χ1v) is 4.72. The van der Waals surface area contributed by atoms with Gasteiger partial charge in [0.25, 0.3) is 0 Å². The predicted octanol–water partition coefficient (Wildman–Crippen LogP) is 3.66. The molecule has 0 heterocycles. The minimum atomic E-state index is -4.69. The van der Waals surface area contributed by atoms with E-state index in [2.05, 4.69) is 20.7 Å². The van der Waals surface area contributed by atoms with Gasteiger partial charge in [0.15, 0.2) is 0 Å². The molecule has 0 fully saturated rings. The van der Waals surface area contributed by atoms with Crippen molar-refractivity contribution in [3.05, 3.63) is 22.2 Å². The molecule has 0 amide bonds. The molecule has 1 rings (SSSR count). The third kappa shape index (κ3) is 3.30. The van der Waals surface area contributed by atoms with Crippen LogP contribution >= 0.6 is 15.9 Å². The number of ether oxygens (including phenoxy) is 2. The van der Waals surface area contributed by atoms with Crippen LogP contribution in [0.15, 0.2) is 16.6 Å². The molecule has 0 saturated heterocycles. The van der Waals surface area contributed by atoms with Gasteiger partial charge in [-0.1, -0.05) is 0 Å². The molecule has 1 aromatic rings. The van der Waals surface area contributed by atoms with Gasteiger partial charge in [0.2, 0.25) is 0 Å². The molecule has 2 nitrogen and oxygen atoms in total. The third-order valence-electron chi connectivity index (χ3n) is 1.65. The van der Waals surface area contributed by atoms with Crippen molar-refractivity contribution in [3.8, 4) is 11.5 Å². The lowest BCUT2D eigenvalue weighted by Gasteiger charge is -2.12. The fourth-order valence-electron chi connectivity index (χ4n) is 1.05. The maximum absolute atomic E-state index is 11.9. The highest BCUT2D eigenvalue weighted by atomic mass is 79.9. The van der Waals surface area contributed by atoms with E-state index in [9.17, 15) is 13.2 Å². The summed E-state index contributed by atoms with van der Waals surface area (Å²) >= 11 is 3.19. The number of hydrogen-bond acceptors (Lipinski definition) is 2. The smallest absolute Gasteiger partial charge is 0.495 e. The summed E-state index contributed by atoms with van der Waals surface area (Å²) in [5.74, 6) is 0.00861. The van der Waals surface area contributed by atoms with Gasteiger partial charge >= 0.3 is 6.36 Å². The van der Waals surface area contributed by atoms with Gasteiger partial charge in [0.1, 0.15) is 11.5 Å². The molecule has 84 valence electrons. The number of alkyl halides is 3. The summed E-state index contributed by atoms with van der Waals surface area (Å²) in [6.45, 7) is 1.65. The van der Waals surface area contributed by atoms with Gasteiger partial charge < -0.3 is 9.47 Å². The summed E-state index contributed by atoms with van der Waals surface area (Å²) in [6.07, 6.45) is -4.69. The van der Waals surface area contributed by atoms with Crippen LogP contribution in [0, 0.1) is 6.92 Å². The second-order valence-electron chi connectivity index (χ2n) is 2.80. The van der Waals surface area contributed by atoms with Crippen molar-refractivity contribution in [2.45, 2.75) is 13.3 Å². The maximum Gasteiger partial charge on any atom is 0.573 e. The van der Waals surface area contributed by atoms with Gasteiger partial charge in [-0.3, -0.25) is 0 Å². The van der Waals surface area contributed by atoms with Gasteiger partial charge in [-0.05, 0) is 34.5 Å². The van der Waals surface area contributed by atoms with Gasteiger partial charge in [0.05, 0.1) is 11.6 Å². The standard InChI is InChI=1S/C9H8BrF3O2/c1-5-3-6(15-9(11,12)13)4-7(14-2)8(5)10/h3-4H,1-2H3. The minimum absolute atomic E-state index is 0.292. The van der Waals surface area contributed by atoms with Crippen LogP contribution in [-0.4, -0.2) is 13.5 Å². The molecule has 0 aromatic heterocycles.